The first kappa shape index (κ1) is 13.3. The molecule has 1 N–H and O–H groups in total. The molecule has 0 aliphatic heterocycles. The lowest BCUT2D eigenvalue weighted by molar-refractivity contribution is 0.0912. The molecule has 2 rings (SSSR count). The van der Waals surface area contributed by atoms with E-state index in [0.717, 1.165) is 6.42 Å². The molecular formula is C16H18N2O. The summed E-state index contributed by atoms with van der Waals surface area (Å²) in [6, 6.07) is 13.7. The van der Waals surface area contributed by atoms with E-state index in [1.807, 2.05) is 32.0 Å². The molecule has 0 saturated carbocycles. The van der Waals surface area contributed by atoms with Crippen LogP contribution in [0.1, 0.15) is 29.8 Å². The number of pyridine rings is 1. The van der Waals surface area contributed by atoms with Crippen molar-refractivity contribution in [2.24, 2.45) is 0 Å². The van der Waals surface area contributed by atoms with E-state index in [4.69, 9.17) is 0 Å². The highest BCUT2D eigenvalue weighted by Gasteiger charge is 2.21. The normalized spacial score (nSPS) is 11.1. The molecule has 0 bridgehead atoms. The first-order valence-electron chi connectivity index (χ1n) is 6.33. The third-order valence-corrected chi connectivity index (χ3v) is 2.86. The Morgan fingerprint density at radius 2 is 1.89 bits per heavy atom. The number of aromatic nitrogens is 1. The van der Waals surface area contributed by atoms with Gasteiger partial charge in [0.1, 0.15) is 0 Å². The number of nitrogens with zero attached hydrogens (tertiary/aromatic N) is 1. The van der Waals surface area contributed by atoms with Crippen molar-refractivity contribution in [3.63, 3.8) is 0 Å². The van der Waals surface area contributed by atoms with Crippen molar-refractivity contribution >= 4 is 5.91 Å². The van der Waals surface area contributed by atoms with Crippen LogP contribution < -0.4 is 5.32 Å². The average Bonchev–Trinajstić information content (AvgIpc) is 2.39. The number of carbonyl (C=O) groups excluding carboxylic acids is 1. The summed E-state index contributed by atoms with van der Waals surface area (Å²) in [7, 11) is 0. The zero-order valence-corrected chi connectivity index (χ0v) is 11.3. The van der Waals surface area contributed by atoms with Crippen LogP contribution >= 0.6 is 0 Å². The minimum Gasteiger partial charge on any atom is -0.347 e. The molecule has 3 nitrogen and oxygen atoms in total. The largest absolute Gasteiger partial charge is 0.347 e. The lowest BCUT2D eigenvalue weighted by Crippen LogP contribution is -2.45. The van der Waals surface area contributed by atoms with Gasteiger partial charge in [0.15, 0.2) is 0 Å². The fourth-order valence-corrected chi connectivity index (χ4v) is 2.03. The molecule has 1 heterocycles. The quantitative estimate of drug-likeness (QED) is 0.911. The molecule has 1 aromatic carbocycles. The van der Waals surface area contributed by atoms with Crippen LogP contribution in [-0.2, 0) is 6.42 Å². The molecule has 1 aromatic heterocycles. The first-order valence-corrected chi connectivity index (χ1v) is 6.33. The smallest absolute Gasteiger partial charge is 0.253 e. The van der Waals surface area contributed by atoms with Crippen molar-refractivity contribution in [3.8, 4) is 0 Å². The minimum atomic E-state index is -0.297. The van der Waals surface area contributed by atoms with Crippen LogP contribution in [0.3, 0.4) is 0 Å². The lowest BCUT2D eigenvalue weighted by atomic mass is 9.94. The Hall–Kier alpha value is -2.16. The third kappa shape index (κ3) is 3.91. The van der Waals surface area contributed by atoms with Crippen molar-refractivity contribution < 1.29 is 4.79 Å². The molecule has 0 radical (unpaired) electrons. The Labute approximate surface area is 113 Å². The topological polar surface area (TPSA) is 42.0 Å². The SMILES string of the molecule is CC(C)(Cc1ccccc1)NC(=O)c1cccnc1. The number of amides is 1. The van der Waals surface area contributed by atoms with E-state index in [2.05, 4.69) is 22.4 Å². The van der Waals surface area contributed by atoms with Crippen molar-refractivity contribution in [2.45, 2.75) is 25.8 Å². The van der Waals surface area contributed by atoms with Gasteiger partial charge in [0.2, 0.25) is 0 Å². The van der Waals surface area contributed by atoms with Gasteiger partial charge in [-0.2, -0.15) is 0 Å². The van der Waals surface area contributed by atoms with Crippen molar-refractivity contribution in [1.29, 1.82) is 0 Å². The van der Waals surface area contributed by atoms with Crippen molar-refractivity contribution in [1.82, 2.24) is 10.3 Å². The van der Waals surface area contributed by atoms with Crippen LogP contribution in [0.15, 0.2) is 54.9 Å². The molecule has 0 unspecified atom stereocenters. The van der Waals surface area contributed by atoms with Gasteiger partial charge < -0.3 is 5.32 Å². The van der Waals surface area contributed by atoms with Crippen LogP contribution in [0.5, 0.6) is 0 Å². The van der Waals surface area contributed by atoms with Crippen LogP contribution in [-0.4, -0.2) is 16.4 Å². The standard InChI is InChI=1S/C16H18N2O/c1-16(2,11-13-7-4-3-5-8-13)18-15(19)14-9-6-10-17-12-14/h3-10,12H,11H2,1-2H3,(H,18,19). The maximum atomic E-state index is 12.1. The summed E-state index contributed by atoms with van der Waals surface area (Å²) in [5.41, 5.74) is 1.50. The highest BCUT2D eigenvalue weighted by molar-refractivity contribution is 5.94. The number of rotatable bonds is 4. The van der Waals surface area contributed by atoms with Gasteiger partial charge >= 0.3 is 0 Å². The van der Waals surface area contributed by atoms with Crippen LogP contribution in [0.4, 0.5) is 0 Å². The predicted molar refractivity (Wildman–Crippen MR) is 75.9 cm³/mol. The van der Waals surface area contributed by atoms with Crippen molar-refractivity contribution in [2.75, 3.05) is 0 Å². The van der Waals surface area contributed by atoms with Gasteiger partial charge in [0.25, 0.3) is 5.91 Å². The Balaban J connectivity index is 2.03. The summed E-state index contributed by atoms with van der Waals surface area (Å²) in [5.74, 6) is -0.0889. The number of benzene rings is 1. The predicted octanol–water partition coefficient (Wildman–Crippen LogP) is 2.83. The van der Waals surface area contributed by atoms with E-state index in [9.17, 15) is 4.79 Å². The molecule has 0 aliphatic rings. The van der Waals surface area contributed by atoms with Gasteiger partial charge in [-0.3, -0.25) is 9.78 Å². The lowest BCUT2D eigenvalue weighted by Gasteiger charge is -2.26. The minimum absolute atomic E-state index is 0.0889. The van der Waals surface area contributed by atoms with E-state index in [1.54, 1.807) is 24.5 Å². The van der Waals surface area contributed by atoms with Gasteiger partial charge in [-0.25, -0.2) is 0 Å². The molecule has 3 heteroatoms. The van der Waals surface area contributed by atoms with Crippen molar-refractivity contribution in [3.05, 3.63) is 66.0 Å². The van der Waals surface area contributed by atoms with E-state index in [0.29, 0.717) is 5.56 Å². The summed E-state index contributed by atoms with van der Waals surface area (Å²) in [5, 5.41) is 3.04. The number of hydrogen-bond acceptors (Lipinski definition) is 2. The number of carbonyl (C=O) groups is 1. The van der Waals surface area contributed by atoms with E-state index in [1.165, 1.54) is 5.56 Å². The molecule has 1 amide bonds. The van der Waals surface area contributed by atoms with E-state index in [-0.39, 0.29) is 11.4 Å². The average molecular weight is 254 g/mol. The highest BCUT2D eigenvalue weighted by Crippen LogP contribution is 2.13. The molecule has 98 valence electrons. The zero-order chi connectivity index (χ0) is 13.7. The second-order valence-electron chi connectivity index (χ2n) is 5.24. The van der Waals surface area contributed by atoms with Gasteiger partial charge in [0, 0.05) is 17.9 Å². The maximum Gasteiger partial charge on any atom is 0.253 e. The van der Waals surface area contributed by atoms with Crippen LogP contribution in [0.2, 0.25) is 0 Å². The Kier molecular flexibility index (Phi) is 3.95. The van der Waals surface area contributed by atoms with Gasteiger partial charge in [-0.05, 0) is 38.0 Å². The fraction of sp³-hybridized carbons (Fsp3) is 0.250. The van der Waals surface area contributed by atoms with Gasteiger partial charge in [-0.15, -0.1) is 0 Å². The zero-order valence-electron chi connectivity index (χ0n) is 11.3. The molecular weight excluding hydrogens is 236 g/mol. The Bertz CT molecular complexity index is 535. The summed E-state index contributed by atoms with van der Waals surface area (Å²) in [6.07, 6.45) is 4.03. The molecule has 0 atom stereocenters. The number of nitrogens with one attached hydrogen (secondary N) is 1. The monoisotopic (exact) mass is 254 g/mol. The Morgan fingerprint density at radius 3 is 2.53 bits per heavy atom. The Morgan fingerprint density at radius 1 is 1.16 bits per heavy atom. The second-order valence-corrected chi connectivity index (χ2v) is 5.24. The summed E-state index contributed by atoms with van der Waals surface area (Å²) in [6.45, 7) is 4.04. The van der Waals surface area contributed by atoms with Crippen LogP contribution in [0, 0.1) is 0 Å². The van der Waals surface area contributed by atoms with E-state index >= 15 is 0 Å². The molecule has 2 aromatic rings. The highest BCUT2D eigenvalue weighted by atomic mass is 16.1. The molecule has 19 heavy (non-hydrogen) atoms. The first-order chi connectivity index (χ1) is 9.07. The molecule has 0 fully saturated rings. The van der Waals surface area contributed by atoms with E-state index < -0.39 is 0 Å². The number of hydrogen-bond donors (Lipinski definition) is 1. The second kappa shape index (κ2) is 5.65. The summed E-state index contributed by atoms with van der Waals surface area (Å²) in [4.78, 5) is 16.1. The molecule has 0 spiro atoms. The third-order valence-electron chi connectivity index (χ3n) is 2.86. The maximum absolute atomic E-state index is 12.1. The summed E-state index contributed by atoms with van der Waals surface area (Å²) >= 11 is 0. The summed E-state index contributed by atoms with van der Waals surface area (Å²) < 4.78 is 0. The fourth-order valence-electron chi connectivity index (χ4n) is 2.03. The van der Waals surface area contributed by atoms with Crippen LogP contribution in [0.25, 0.3) is 0 Å². The van der Waals surface area contributed by atoms with Gasteiger partial charge in [0.05, 0.1) is 5.56 Å². The molecule has 0 aliphatic carbocycles. The van der Waals surface area contributed by atoms with Gasteiger partial charge in [-0.1, -0.05) is 30.3 Å². The molecule has 0 saturated heterocycles.